The van der Waals surface area contributed by atoms with Gasteiger partial charge in [0.15, 0.2) is 0 Å². The minimum Gasteiger partial charge on any atom is -0.478 e. The number of ether oxygens (including phenoxy) is 1. The summed E-state index contributed by atoms with van der Waals surface area (Å²) in [4.78, 5) is 26.4. The van der Waals surface area contributed by atoms with E-state index in [-0.39, 0.29) is 34.3 Å². The molecule has 1 aliphatic heterocycles. The van der Waals surface area contributed by atoms with Crippen LogP contribution in [0.4, 0.5) is 0 Å². The molecule has 0 radical (unpaired) electrons. The summed E-state index contributed by atoms with van der Waals surface area (Å²) in [5.74, 6) is -1.52. The van der Waals surface area contributed by atoms with Gasteiger partial charge in [0, 0.05) is 25.0 Å². The summed E-state index contributed by atoms with van der Waals surface area (Å²) in [6, 6.07) is 0.970. The lowest BCUT2D eigenvalue weighted by atomic mass is 9.78. The third-order valence-electron chi connectivity index (χ3n) is 5.13. The highest BCUT2D eigenvalue weighted by Crippen LogP contribution is 2.41. The normalized spacial score (nSPS) is 26.8. The molecule has 1 aromatic heterocycles. The predicted molar refractivity (Wildman–Crippen MR) is 86.3 cm³/mol. The number of carboxylic acid groups (broad SMARTS) is 1. The van der Waals surface area contributed by atoms with Crippen LogP contribution >= 0.6 is 0 Å². The number of nitrogens with zero attached hydrogens (tertiary/aromatic N) is 2. The van der Waals surface area contributed by atoms with E-state index >= 15 is 0 Å². The molecule has 3 atom stereocenters. The van der Waals surface area contributed by atoms with Gasteiger partial charge in [-0.05, 0) is 37.7 Å². The first-order chi connectivity index (χ1) is 11.8. The van der Waals surface area contributed by atoms with Crippen LogP contribution in [0.2, 0.25) is 0 Å². The second-order valence-electron chi connectivity index (χ2n) is 6.48. The molecule has 1 aliphatic carbocycles. The van der Waals surface area contributed by atoms with Gasteiger partial charge in [0.05, 0.1) is 18.6 Å². The van der Waals surface area contributed by atoms with Crippen molar-refractivity contribution < 1.29 is 27.9 Å². The molecule has 9 heteroatoms. The number of carboxylic acids is 1. The van der Waals surface area contributed by atoms with Gasteiger partial charge in [-0.1, -0.05) is 0 Å². The molecule has 0 spiro atoms. The third kappa shape index (κ3) is 3.25. The molecular weight excluding hydrogens is 348 g/mol. The van der Waals surface area contributed by atoms with Gasteiger partial charge in [-0.15, -0.1) is 0 Å². The van der Waals surface area contributed by atoms with Crippen molar-refractivity contribution in [1.82, 2.24) is 9.29 Å². The highest BCUT2D eigenvalue weighted by Gasteiger charge is 2.45. The fraction of sp³-hybridized carbons (Fsp3) is 0.562. The van der Waals surface area contributed by atoms with Crippen molar-refractivity contribution in [1.29, 1.82) is 0 Å². The molecule has 3 unspecified atom stereocenters. The van der Waals surface area contributed by atoms with E-state index in [2.05, 4.69) is 4.98 Å². The topological polar surface area (TPSA) is 114 Å². The van der Waals surface area contributed by atoms with Crippen LogP contribution in [0.3, 0.4) is 0 Å². The van der Waals surface area contributed by atoms with E-state index in [1.54, 1.807) is 0 Å². The summed E-state index contributed by atoms with van der Waals surface area (Å²) in [5, 5.41) is 9.04. The van der Waals surface area contributed by atoms with Gasteiger partial charge in [-0.25, -0.2) is 13.2 Å². The molecule has 1 saturated carbocycles. The van der Waals surface area contributed by atoms with E-state index < -0.39 is 16.0 Å². The van der Waals surface area contributed by atoms with Crippen LogP contribution in [0.5, 0.6) is 0 Å². The quantitative estimate of drug-likeness (QED) is 0.792. The Morgan fingerprint density at radius 1 is 1.28 bits per heavy atom. The molecule has 2 heterocycles. The summed E-state index contributed by atoms with van der Waals surface area (Å²) < 4.78 is 32.1. The first kappa shape index (κ1) is 17.8. The fourth-order valence-electron chi connectivity index (χ4n) is 3.89. The van der Waals surface area contributed by atoms with Gasteiger partial charge in [0.2, 0.25) is 10.0 Å². The van der Waals surface area contributed by atoms with Crippen molar-refractivity contribution in [3.63, 3.8) is 0 Å². The monoisotopic (exact) mass is 368 g/mol. The largest absolute Gasteiger partial charge is 0.478 e. The zero-order valence-electron chi connectivity index (χ0n) is 13.8. The number of sulfonamides is 1. The van der Waals surface area contributed by atoms with Crippen molar-refractivity contribution in [2.24, 2.45) is 11.8 Å². The molecule has 1 N–H and O–H groups in total. The molecule has 1 saturated heterocycles. The van der Waals surface area contributed by atoms with E-state index in [0.717, 1.165) is 12.3 Å². The van der Waals surface area contributed by atoms with E-state index in [9.17, 15) is 18.0 Å². The maximum Gasteiger partial charge on any atom is 0.337 e. The molecule has 25 heavy (non-hydrogen) atoms. The predicted octanol–water partition coefficient (Wildman–Crippen LogP) is 1.13. The standard InChI is InChI=1S/C16H20N2O6S/c1-24-16(21)11-2-3-14-10(6-11)4-5-18(14)25(22,23)13-7-12(15(19)20)8-17-9-13/h7-11,14H,2-6H2,1H3,(H,19,20). The number of carbonyl (C=O) groups is 2. The summed E-state index contributed by atoms with van der Waals surface area (Å²) >= 11 is 0. The summed E-state index contributed by atoms with van der Waals surface area (Å²) in [7, 11) is -2.45. The number of rotatable bonds is 4. The van der Waals surface area contributed by atoms with Crippen LogP contribution < -0.4 is 0 Å². The first-order valence-corrected chi connectivity index (χ1v) is 9.56. The minimum absolute atomic E-state index is 0.108. The van der Waals surface area contributed by atoms with Crippen molar-refractivity contribution in [2.45, 2.75) is 36.6 Å². The number of aromatic carboxylic acids is 1. The Kier molecular flexibility index (Phi) is 4.79. The van der Waals surface area contributed by atoms with Crippen LogP contribution in [-0.4, -0.2) is 54.4 Å². The Labute approximate surface area is 145 Å². The summed E-state index contributed by atoms with van der Waals surface area (Å²) in [6.45, 7) is 0.364. The van der Waals surface area contributed by atoms with Gasteiger partial charge in [-0.2, -0.15) is 4.31 Å². The highest BCUT2D eigenvalue weighted by molar-refractivity contribution is 7.89. The number of hydrogen-bond donors (Lipinski definition) is 1. The number of aromatic nitrogens is 1. The second kappa shape index (κ2) is 6.72. The highest BCUT2D eigenvalue weighted by atomic mass is 32.2. The van der Waals surface area contributed by atoms with Crippen LogP contribution in [0.15, 0.2) is 23.4 Å². The van der Waals surface area contributed by atoms with Gasteiger partial charge in [0.25, 0.3) is 0 Å². The molecule has 136 valence electrons. The van der Waals surface area contributed by atoms with Crippen LogP contribution in [0, 0.1) is 11.8 Å². The molecule has 1 aromatic rings. The van der Waals surface area contributed by atoms with E-state index in [1.807, 2.05) is 0 Å². The lowest BCUT2D eigenvalue weighted by molar-refractivity contribution is -0.147. The van der Waals surface area contributed by atoms with Crippen molar-refractivity contribution in [2.75, 3.05) is 13.7 Å². The molecule has 0 bridgehead atoms. The van der Waals surface area contributed by atoms with E-state index in [4.69, 9.17) is 9.84 Å². The lowest BCUT2D eigenvalue weighted by Crippen LogP contribution is -2.41. The minimum atomic E-state index is -3.82. The Morgan fingerprint density at radius 2 is 2.04 bits per heavy atom. The van der Waals surface area contributed by atoms with Gasteiger partial charge in [-0.3, -0.25) is 9.78 Å². The third-order valence-corrected chi connectivity index (χ3v) is 7.02. The fourth-order valence-corrected chi connectivity index (χ4v) is 5.61. The van der Waals surface area contributed by atoms with Crippen molar-refractivity contribution in [3.8, 4) is 0 Å². The Balaban J connectivity index is 1.82. The number of carbonyl (C=O) groups excluding carboxylic acids is 1. The second-order valence-corrected chi connectivity index (χ2v) is 8.37. The Morgan fingerprint density at radius 3 is 2.72 bits per heavy atom. The van der Waals surface area contributed by atoms with E-state index in [0.29, 0.717) is 32.2 Å². The SMILES string of the molecule is COC(=O)C1CCC2C(CCN2S(=O)(=O)c2cncc(C(=O)O)c2)C1. The lowest BCUT2D eigenvalue weighted by Gasteiger charge is -2.34. The van der Waals surface area contributed by atoms with Crippen LogP contribution in [0.1, 0.15) is 36.0 Å². The number of hydrogen-bond acceptors (Lipinski definition) is 6. The van der Waals surface area contributed by atoms with Gasteiger partial charge < -0.3 is 9.84 Å². The smallest absolute Gasteiger partial charge is 0.337 e. The molecule has 2 aliphatic rings. The molecule has 3 rings (SSSR count). The van der Waals surface area contributed by atoms with E-state index in [1.165, 1.54) is 17.6 Å². The van der Waals surface area contributed by atoms with Gasteiger partial charge >= 0.3 is 11.9 Å². The molecule has 0 aromatic carbocycles. The molecule has 0 amide bonds. The summed E-state index contributed by atoms with van der Waals surface area (Å²) in [6.07, 6.45) is 4.79. The molecule has 2 fully saturated rings. The summed E-state index contributed by atoms with van der Waals surface area (Å²) in [5.41, 5.74) is -0.161. The number of esters is 1. The maximum atomic E-state index is 12.9. The average molecular weight is 368 g/mol. The Hall–Kier alpha value is -2.00. The maximum absolute atomic E-state index is 12.9. The van der Waals surface area contributed by atoms with Crippen LogP contribution in [0.25, 0.3) is 0 Å². The first-order valence-electron chi connectivity index (χ1n) is 8.12. The number of pyridine rings is 1. The molecule has 8 nitrogen and oxygen atoms in total. The van der Waals surface area contributed by atoms with Crippen molar-refractivity contribution in [3.05, 3.63) is 24.0 Å². The number of methoxy groups -OCH3 is 1. The zero-order valence-corrected chi connectivity index (χ0v) is 14.6. The molecular formula is C16H20N2O6S. The van der Waals surface area contributed by atoms with Crippen molar-refractivity contribution >= 4 is 22.0 Å². The number of fused-ring (bicyclic) bond motifs is 1. The van der Waals surface area contributed by atoms with Crippen LogP contribution in [-0.2, 0) is 19.6 Å². The average Bonchev–Trinajstić information content (AvgIpc) is 3.05. The van der Waals surface area contributed by atoms with Gasteiger partial charge in [0.1, 0.15) is 4.90 Å². The zero-order chi connectivity index (χ0) is 18.2. The Bertz CT molecular complexity index is 794.